The zero-order chi connectivity index (χ0) is 19.5. The highest BCUT2D eigenvalue weighted by molar-refractivity contribution is 5.93. The van der Waals surface area contributed by atoms with Crippen LogP contribution in [0.2, 0.25) is 0 Å². The van der Waals surface area contributed by atoms with Gasteiger partial charge < -0.3 is 9.32 Å². The van der Waals surface area contributed by atoms with Crippen LogP contribution in [0.25, 0.3) is 0 Å². The van der Waals surface area contributed by atoms with Crippen LogP contribution in [0.5, 0.6) is 0 Å². The van der Waals surface area contributed by atoms with Crippen LogP contribution in [0.4, 0.5) is 0 Å². The van der Waals surface area contributed by atoms with E-state index in [1.54, 1.807) is 0 Å². The number of aromatic nitrogens is 3. The Kier molecular flexibility index (Phi) is 5.28. The first kappa shape index (κ1) is 18.5. The average molecular weight is 378 g/mol. The number of aromatic amines is 1. The Morgan fingerprint density at radius 1 is 1.32 bits per heavy atom. The molecule has 0 spiro atoms. The Balaban J connectivity index is 1.51. The highest BCUT2D eigenvalue weighted by Gasteiger charge is 2.30. The first-order valence-electron chi connectivity index (χ1n) is 9.92. The largest absolute Gasteiger partial charge is 0.447 e. The Hall–Kier alpha value is -2.89. The molecule has 146 valence electrons. The van der Waals surface area contributed by atoms with Gasteiger partial charge in [-0.3, -0.25) is 9.89 Å². The number of hydrogen-bond acceptors (Lipinski definition) is 4. The van der Waals surface area contributed by atoms with Crippen LogP contribution in [-0.2, 0) is 6.42 Å². The van der Waals surface area contributed by atoms with Crippen molar-refractivity contribution in [2.45, 2.75) is 44.9 Å². The standard InChI is InChI=1S/C22H26N4O2/c1-15(2)21-20(23-14-28-21)22(27)26-10-6-9-17(13-26)19-18(12-24-25-19)11-16-7-4-3-5-8-16/h3-5,7-8,12,14-15,17H,6,9-11,13H2,1-2H3,(H,24,25)/t17-/m0/s1. The van der Waals surface area contributed by atoms with Gasteiger partial charge in [0.05, 0.1) is 6.20 Å². The lowest BCUT2D eigenvalue weighted by Crippen LogP contribution is -2.40. The van der Waals surface area contributed by atoms with Gasteiger partial charge in [-0.15, -0.1) is 0 Å². The third kappa shape index (κ3) is 3.72. The molecule has 4 rings (SSSR count). The van der Waals surface area contributed by atoms with E-state index in [-0.39, 0.29) is 17.7 Å². The number of piperidine rings is 1. The molecule has 1 aliphatic rings. The van der Waals surface area contributed by atoms with Crippen LogP contribution in [0, 0.1) is 0 Å². The van der Waals surface area contributed by atoms with Crippen LogP contribution in [0.15, 0.2) is 47.3 Å². The van der Waals surface area contributed by atoms with Crippen LogP contribution in [0.1, 0.15) is 71.6 Å². The summed E-state index contributed by atoms with van der Waals surface area (Å²) in [4.78, 5) is 19.2. The molecule has 28 heavy (non-hydrogen) atoms. The lowest BCUT2D eigenvalue weighted by molar-refractivity contribution is 0.0697. The van der Waals surface area contributed by atoms with Crippen molar-refractivity contribution in [3.63, 3.8) is 0 Å². The molecule has 3 heterocycles. The summed E-state index contributed by atoms with van der Waals surface area (Å²) in [5, 5.41) is 7.49. The van der Waals surface area contributed by atoms with E-state index in [9.17, 15) is 4.79 Å². The Morgan fingerprint density at radius 3 is 2.93 bits per heavy atom. The fraction of sp³-hybridized carbons (Fsp3) is 0.409. The topological polar surface area (TPSA) is 75.0 Å². The first-order chi connectivity index (χ1) is 13.6. The average Bonchev–Trinajstić information content (AvgIpc) is 3.38. The molecule has 1 atom stereocenters. The van der Waals surface area contributed by atoms with Crippen molar-refractivity contribution in [1.29, 1.82) is 0 Å². The number of oxazole rings is 1. The van der Waals surface area contributed by atoms with E-state index in [4.69, 9.17) is 4.42 Å². The number of nitrogens with zero attached hydrogens (tertiary/aromatic N) is 3. The van der Waals surface area contributed by atoms with Crippen molar-refractivity contribution < 1.29 is 9.21 Å². The molecule has 3 aromatic rings. The zero-order valence-corrected chi connectivity index (χ0v) is 16.4. The highest BCUT2D eigenvalue weighted by Crippen LogP contribution is 2.30. The molecule has 0 radical (unpaired) electrons. The van der Waals surface area contributed by atoms with Crippen LogP contribution < -0.4 is 0 Å². The summed E-state index contributed by atoms with van der Waals surface area (Å²) in [6.45, 7) is 5.45. The van der Waals surface area contributed by atoms with Crippen molar-refractivity contribution >= 4 is 5.91 Å². The molecule has 1 aromatic carbocycles. The molecular formula is C22H26N4O2. The van der Waals surface area contributed by atoms with Gasteiger partial charge in [-0.05, 0) is 24.0 Å². The second-order valence-corrected chi connectivity index (χ2v) is 7.78. The van der Waals surface area contributed by atoms with Gasteiger partial charge in [-0.2, -0.15) is 5.10 Å². The molecule has 2 aromatic heterocycles. The maximum atomic E-state index is 13.1. The number of carbonyl (C=O) groups excluding carboxylic acids is 1. The molecule has 0 aliphatic carbocycles. The van der Waals surface area contributed by atoms with E-state index < -0.39 is 0 Å². The molecule has 0 saturated carbocycles. The Morgan fingerprint density at radius 2 is 2.14 bits per heavy atom. The van der Waals surface area contributed by atoms with E-state index in [2.05, 4.69) is 39.4 Å². The summed E-state index contributed by atoms with van der Waals surface area (Å²) in [7, 11) is 0. The van der Waals surface area contributed by atoms with Gasteiger partial charge in [-0.1, -0.05) is 44.2 Å². The second kappa shape index (κ2) is 8.00. The lowest BCUT2D eigenvalue weighted by atomic mass is 9.90. The molecule has 0 bridgehead atoms. The molecule has 6 nitrogen and oxygen atoms in total. The number of nitrogens with one attached hydrogen (secondary N) is 1. The van der Waals surface area contributed by atoms with Crippen molar-refractivity contribution in [1.82, 2.24) is 20.1 Å². The number of hydrogen-bond donors (Lipinski definition) is 1. The predicted octanol–water partition coefficient (Wildman–Crippen LogP) is 4.13. The molecular weight excluding hydrogens is 352 g/mol. The molecule has 1 aliphatic heterocycles. The maximum Gasteiger partial charge on any atom is 0.276 e. The summed E-state index contributed by atoms with van der Waals surface area (Å²) in [6, 6.07) is 10.4. The third-order valence-corrected chi connectivity index (χ3v) is 5.43. The van der Waals surface area contributed by atoms with Gasteiger partial charge in [0.15, 0.2) is 12.1 Å². The molecule has 0 unspecified atom stereocenters. The zero-order valence-electron chi connectivity index (χ0n) is 16.4. The maximum absolute atomic E-state index is 13.1. The van der Waals surface area contributed by atoms with Gasteiger partial charge in [0.2, 0.25) is 0 Å². The first-order valence-corrected chi connectivity index (χ1v) is 9.92. The normalized spacial score (nSPS) is 17.2. The van der Waals surface area contributed by atoms with E-state index in [1.807, 2.05) is 31.0 Å². The number of amides is 1. The van der Waals surface area contributed by atoms with Gasteiger partial charge in [0.25, 0.3) is 5.91 Å². The summed E-state index contributed by atoms with van der Waals surface area (Å²) in [6.07, 6.45) is 6.14. The summed E-state index contributed by atoms with van der Waals surface area (Å²) >= 11 is 0. The molecule has 1 N–H and O–H groups in total. The Labute approximate surface area is 165 Å². The number of likely N-dealkylation sites (tertiary alicyclic amines) is 1. The molecule has 1 saturated heterocycles. The molecule has 1 fully saturated rings. The van der Waals surface area contributed by atoms with Crippen LogP contribution in [0.3, 0.4) is 0 Å². The van der Waals surface area contributed by atoms with Crippen LogP contribution in [-0.4, -0.2) is 39.1 Å². The Bertz CT molecular complexity index is 929. The third-order valence-electron chi connectivity index (χ3n) is 5.43. The lowest BCUT2D eigenvalue weighted by Gasteiger charge is -2.32. The summed E-state index contributed by atoms with van der Waals surface area (Å²) in [5.74, 6) is 1.02. The van der Waals surface area contributed by atoms with Crippen molar-refractivity contribution in [2.75, 3.05) is 13.1 Å². The van der Waals surface area contributed by atoms with E-state index in [0.717, 1.165) is 31.5 Å². The SMILES string of the molecule is CC(C)c1ocnc1C(=O)N1CCC[C@H](c2[nH]ncc2Cc2ccccc2)C1. The second-order valence-electron chi connectivity index (χ2n) is 7.78. The van der Waals surface area contributed by atoms with Crippen molar-refractivity contribution in [3.05, 3.63) is 71.2 Å². The van der Waals surface area contributed by atoms with Crippen molar-refractivity contribution in [3.8, 4) is 0 Å². The number of H-pyrrole nitrogens is 1. The summed E-state index contributed by atoms with van der Waals surface area (Å²) < 4.78 is 5.45. The number of benzene rings is 1. The number of carbonyl (C=O) groups is 1. The monoisotopic (exact) mass is 378 g/mol. The minimum absolute atomic E-state index is 0.0359. The van der Waals surface area contributed by atoms with E-state index in [0.29, 0.717) is 18.0 Å². The summed E-state index contributed by atoms with van der Waals surface area (Å²) in [5.41, 5.74) is 4.06. The predicted molar refractivity (Wildman–Crippen MR) is 106 cm³/mol. The molecule has 1 amide bonds. The van der Waals surface area contributed by atoms with Gasteiger partial charge in [0, 0.05) is 37.0 Å². The fourth-order valence-corrected chi connectivity index (χ4v) is 4.00. The van der Waals surface area contributed by atoms with Gasteiger partial charge in [-0.25, -0.2) is 4.98 Å². The minimum atomic E-state index is -0.0359. The quantitative estimate of drug-likeness (QED) is 0.724. The fourth-order valence-electron chi connectivity index (χ4n) is 4.00. The van der Waals surface area contributed by atoms with E-state index >= 15 is 0 Å². The smallest absolute Gasteiger partial charge is 0.276 e. The highest BCUT2D eigenvalue weighted by atomic mass is 16.3. The van der Waals surface area contributed by atoms with E-state index in [1.165, 1.54) is 17.5 Å². The number of rotatable bonds is 5. The van der Waals surface area contributed by atoms with Gasteiger partial charge in [0.1, 0.15) is 5.76 Å². The molecule has 6 heteroatoms. The van der Waals surface area contributed by atoms with Gasteiger partial charge >= 0.3 is 0 Å². The van der Waals surface area contributed by atoms with Crippen molar-refractivity contribution in [2.24, 2.45) is 0 Å². The minimum Gasteiger partial charge on any atom is -0.447 e. The van der Waals surface area contributed by atoms with Crippen LogP contribution >= 0.6 is 0 Å².